The van der Waals surface area contributed by atoms with Crippen LogP contribution in [0.4, 0.5) is 0 Å². The van der Waals surface area contributed by atoms with Crippen LogP contribution in [0.25, 0.3) is 0 Å². The maximum absolute atomic E-state index is 12.1. The summed E-state index contributed by atoms with van der Waals surface area (Å²) in [6.07, 6.45) is 5.88. The number of rotatable bonds is 4. The molecule has 1 aliphatic heterocycles. The number of primary amides is 1. The van der Waals surface area contributed by atoms with Crippen LogP contribution in [0.1, 0.15) is 32.0 Å². The molecule has 0 aliphatic carbocycles. The highest BCUT2D eigenvalue weighted by Crippen LogP contribution is 2.38. The standard InChI is InChI=1S/C13H20N4O/c1-2-13(11(14)18,10-4-8-15-9-5-10)12-16-6-3-7-17-12/h3,6-7,10,15H,2,4-5,8-9H2,1H3,(H2,14,18). The van der Waals surface area contributed by atoms with Gasteiger partial charge in [-0.15, -0.1) is 0 Å². The van der Waals surface area contributed by atoms with Crippen LogP contribution >= 0.6 is 0 Å². The first kappa shape index (κ1) is 13.0. The largest absolute Gasteiger partial charge is 0.369 e. The second kappa shape index (κ2) is 5.44. The monoisotopic (exact) mass is 248 g/mol. The summed E-state index contributed by atoms with van der Waals surface area (Å²) >= 11 is 0. The van der Waals surface area contributed by atoms with Crippen molar-refractivity contribution < 1.29 is 4.79 Å². The van der Waals surface area contributed by atoms with Crippen molar-refractivity contribution >= 4 is 5.91 Å². The Morgan fingerprint density at radius 1 is 1.44 bits per heavy atom. The fraction of sp³-hybridized carbons (Fsp3) is 0.615. The Balaban J connectivity index is 2.42. The minimum absolute atomic E-state index is 0.226. The molecular weight excluding hydrogens is 228 g/mol. The minimum Gasteiger partial charge on any atom is -0.369 e. The van der Waals surface area contributed by atoms with Gasteiger partial charge in [0.05, 0.1) is 0 Å². The van der Waals surface area contributed by atoms with Gasteiger partial charge in [-0.2, -0.15) is 0 Å². The van der Waals surface area contributed by atoms with Gasteiger partial charge >= 0.3 is 0 Å². The summed E-state index contributed by atoms with van der Waals surface area (Å²) < 4.78 is 0. The molecule has 0 aromatic carbocycles. The summed E-state index contributed by atoms with van der Waals surface area (Å²) in [6.45, 7) is 3.84. The van der Waals surface area contributed by atoms with Gasteiger partial charge in [0.15, 0.2) is 0 Å². The molecule has 0 bridgehead atoms. The van der Waals surface area contributed by atoms with E-state index in [1.165, 1.54) is 0 Å². The number of nitrogens with zero attached hydrogens (tertiary/aromatic N) is 2. The van der Waals surface area contributed by atoms with E-state index >= 15 is 0 Å². The second-order valence-electron chi connectivity index (χ2n) is 4.79. The number of piperidine rings is 1. The Morgan fingerprint density at radius 2 is 2.06 bits per heavy atom. The van der Waals surface area contributed by atoms with Gasteiger partial charge in [0.1, 0.15) is 11.2 Å². The van der Waals surface area contributed by atoms with Crippen LogP contribution in [-0.4, -0.2) is 29.0 Å². The molecule has 0 spiro atoms. The van der Waals surface area contributed by atoms with E-state index in [0.29, 0.717) is 12.2 Å². The Labute approximate surface area is 107 Å². The predicted molar refractivity (Wildman–Crippen MR) is 68.8 cm³/mol. The molecule has 5 heteroatoms. The number of aromatic nitrogens is 2. The maximum Gasteiger partial charge on any atom is 0.231 e. The van der Waals surface area contributed by atoms with E-state index < -0.39 is 5.41 Å². The van der Waals surface area contributed by atoms with E-state index in [1.54, 1.807) is 18.5 Å². The normalized spacial score (nSPS) is 20.3. The van der Waals surface area contributed by atoms with Gasteiger partial charge in [-0.05, 0) is 44.3 Å². The summed E-state index contributed by atoms with van der Waals surface area (Å²) in [5.41, 5.74) is 4.99. The van der Waals surface area contributed by atoms with Crippen molar-refractivity contribution in [1.82, 2.24) is 15.3 Å². The van der Waals surface area contributed by atoms with Gasteiger partial charge in [0, 0.05) is 12.4 Å². The zero-order valence-electron chi connectivity index (χ0n) is 10.7. The molecule has 2 heterocycles. The summed E-state index contributed by atoms with van der Waals surface area (Å²) in [5.74, 6) is 0.499. The first-order valence-corrected chi connectivity index (χ1v) is 6.50. The van der Waals surface area contributed by atoms with Gasteiger partial charge in [0.25, 0.3) is 0 Å². The van der Waals surface area contributed by atoms with Crippen molar-refractivity contribution in [2.75, 3.05) is 13.1 Å². The Hall–Kier alpha value is -1.49. The fourth-order valence-corrected chi connectivity index (χ4v) is 2.96. The van der Waals surface area contributed by atoms with Gasteiger partial charge in [-0.1, -0.05) is 6.92 Å². The average molecular weight is 248 g/mol. The third-order valence-electron chi connectivity index (χ3n) is 4.00. The highest BCUT2D eigenvalue weighted by Gasteiger charge is 2.46. The number of amides is 1. The highest BCUT2D eigenvalue weighted by atomic mass is 16.1. The first-order valence-electron chi connectivity index (χ1n) is 6.50. The van der Waals surface area contributed by atoms with E-state index in [4.69, 9.17) is 5.73 Å². The lowest BCUT2D eigenvalue weighted by atomic mass is 9.68. The quantitative estimate of drug-likeness (QED) is 0.818. The molecule has 18 heavy (non-hydrogen) atoms. The third kappa shape index (κ3) is 2.10. The molecule has 1 unspecified atom stereocenters. The van der Waals surface area contributed by atoms with Gasteiger partial charge in [-0.3, -0.25) is 4.79 Å². The lowest BCUT2D eigenvalue weighted by Gasteiger charge is -2.38. The molecule has 0 saturated carbocycles. The van der Waals surface area contributed by atoms with Crippen molar-refractivity contribution in [2.45, 2.75) is 31.6 Å². The summed E-state index contributed by atoms with van der Waals surface area (Å²) in [4.78, 5) is 20.6. The minimum atomic E-state index is -0.719. The Bertz CT molecular complexity index is 403. The number of carbonyl (C=O) groups is 1. The maximum atomic E-state index is 12.1. The molecule has 1 atom stereocenters. The average Bonchev–Trinajstić information content (AvgIpc) is 2.42. The molecule has 1 saturated heterocycles. The van der Waals surface area contributed by atoms with Crippen LogP contribution in [0.3, 0.4) is 0 Å². The van der Waals surface area contributed by atoms with Crippen LogP contribution in [0, 0.1) is 5.92 Å². The van der Waals surface area contributed by atoms with Crippen LogP contribution < -0.4 is 11.1 Å². The zero-order valence-corrected chi connectivity index (χ0v) is 10.7. The fourth-order valence-electron chi connectivity index (χ4n) is 2.96. The highest BCUT2D eigenvalue weighted by molar-refractivity contribution is 5.86. The van der Waals surface area contributed by atoms with Crippen LogP contribution in [0.5, 0.6) is 0 Å². The number of carbonyl (C=O) groups excluding carboxylic acids is 1. The zero-order chi connectivity index (χ0) is 13.0. The van der Waals surface area contributed by atoms with Crippen molar-refractivity contribution in [1.29, 1.82) is 0 Å². The predicted octanol–water partition coefficient (Wildman–Crippen LogP) is 0.609. The number of hydrogen-bond acceptors (Lipinski definition) is 4. The first-order chi connectivity index (χ1) is 8.71. The molecule has 1 aromatic rings. The molecule has 1 fully saturated rings. The molecule has 0 radical (unpaired) electrons. The Kier molecular flexibility index (Phi) is 3.91. The Morgan fingerprint density at radius 3 is 2.56 bits per heavy atom. The molecule has 1 amide bonds. The summed E-state index contributed by atoms with van der Waals surface area (Å²) in [6, 6.07) is 1.76. The lowest BCUT2D eigenvalue weighted by molar-refractivity contribution is -0.126. The van der Waals surface area contributed by atoms with Crippen LogP contribution in [0.2, 0.25) is 0 Å². The number of hydrogen-bond donors (Lipinski definition) is 2. The SMILES string of the molecule is CCC(C(N)=O)(c1ncccn1)C1CCNCC1. The molecule has 1 aromatic heterocycles. The molecule has 3 N–H and O–H groups in total. The molecule has 5 nitrogen and oxygen atoms in total. The summed E-state index contributed by atoms with van der Waals surface area (Å²) in [7, 11) is 0. The van der Waals surface area contributed by atoms with Gasteiger partial charge in [-0.25, -0.2) is 9.97 Å². The van der Waals surface area contributed by atoms with Gasteiger partial charge in [0.2, 0.25) is 5.91 Å². The van der Waals surface area contributed by atoms with Crippen LogP contribution in [0.15, 0.2) is 18.5 Å². The van der Waals surface area contributed by atoms with E-state index in [9.17, 15) is 4.79 Å². The number of nitrogens with two attached hydrogens (primary N) is 1. The van der Waals surface area contributed by atoms with Crippen molar-refractivity contribution in [3.8, 4) is 0 Å². The van der Waals surface area contributed by atoms with Gasteiger partial charge < -0.3 is 11.1 Å². The van der Waals surface area contributed by atoms with Crippen molar-refractivity contribution in [2.24, 2.45) is 11.7 Å². The van der Waals surface area contributed by atoms with Crippen LogP contribution in [-0.2, 0) is 10.2 Å². The van der Waals surface area contributed by atoms with E-state index in [2.05, 4.69) is 15.3 Å². The third-order valence-corrected chi connectivity index (χ3v) is 4.00. The van der Waals surface area contributed by atoms with Crippen molar-refractivity contribution in [3.05, 3.63) is 24.3 Å². The lowest BCUT2D eigenvalue weighted by Crippen LogP contribution is -2.51. The van der Waals surface area contributed by atoms with Crippen molar-refractivity contribution in [3.63, 3.8) is 0 Å². The van der Waals surface area contributed by atoms with E-state index in [-0.39, 0.29) is 11.8 Å². The smallest absolute Gasteiger partial charge is 0.231 e. The second-order valence-corrected chi connectivity index (χ2v) is 4.79. The molecule has 98 valence electrons. The van der Waals surface area contributed by atoms with E-state index in [1.807, 2.05) is 6.92 Å². The molecule has 2 rings (SSSR count). The molecule has 1 aliphatic rings. The number of nitrogens with one attached hydrogen (secondary N) is 1. The summed E-state index contributed by atoms with van der Waals surface area (Å²) in [5, 5.41) is 3.31. The topological polar surface area (TPSA) is 80.9 Å². The molecular formula is C13H20N4O. The van der Waals surface area contributed by atoms with E-state index in [0.717, 1.165) is 25.9 Å².